The molecule has 3 aromatic rings. The highest BCUT2D eigenvalue weighted by molar-refractivity contribution is 5.94. The van der Waals surface area contributed by atoms with Crippen molar-refractivity contribution in [3.05, 3.63) is 101 Å². The lowest BCUT2D eigenvalue weighted by molar-refractivity contribution is -0.147. The topological polar surface area (TPSA) is 171 Å². The third-order valence-corrected chi connectivity index (χ3v) is 10.9. The Morgan fingerprint density at radius 1 is 0.850 bits per heavy atom. The molecule has 1 heterocycles. The molecular formula is C46H63N5O9. The molecule has 326 valence electrons. The van der Waals surface area contributed by atoms with Gasteiger partial charge in [0.15, 0.2) is 0 Å². The largest absolute Gasteiger partial charge is 0.491 e. The van der Waals surface area contributed by atoms with Gasteiger partial charge in [-0.25, -0.2) is 4.79 Å². The van der Waals surface area contributed by atoms with Gasteiger partial charge in [-0.05, 0) is 71.6 Å². The molecule has 0 saturated heterocycles. The van der Waals surface area contributed by atoms with Crippen molar-refractivity contribution in [1.82, 2.24) is 20.4 Å². The van der Waals surface area contributed by atoms with E-state index in [0.717, 1.165) is 41.5 Å². The normalized spacial score (nSPS) is 17.1. The zero-order chi connectivity index (χ0) is 43.1. The summed E-state index contributed by atoms with van der Waals surface area (Å²) < 4.78 is 28.0. The SMILES string of the molecule is C[C@@H](C(=O)N[C@H](C(=O)N1Cc2cc(OCCOCCOCCOCCN)ccc2C[C@H]1C(=O)N[C@@H]1CCCc2ccccc21)C(C)(C)C)N(C)C(=O)OCc1ccccc1. The predicted octanol–water partition coefficient (Wildman–Crippen LogP) is 4.71. The van der Waals surface area contributed by atoms with Crippen molar-refractivity contribution in [2.75, 3.05) is 59.8 Å². The van der Waals surface area contributed by atoms with Gasteiger partial charge in [-0.2, -0.15) is 0 Å². The first-order valence-electron chi connectivity index (χ1n) is 21.0. The van der Waals surface area contributed by atoms with Crippen LogP contribution in [0.25, 0.3) is 0 Å². The molecule has 4 amide bonds. The molecule has 0 bridgehead atoms. The van der Waals surface area contributed by atoms with Crippen molar-refractivity contribution in [1.29, 1.82) is 0 Å². The second kappa shape index (κ2) is 22.5. The van der Waals surface area contributed by atoms with Crippen LogP contribution in [0, 0.1) is 5.41 Å². The monoisotopic (exact) mass is 829 g/mol. The Morgan fingerprint density at radius 2 is 1.52 bits per heavy atom. The van der Waals surface area contributed by atoms with Gasteiger partial charge >= 0.3 is 6.09 Å². The Bertz CT molecular complexity index is 1870. The lowest BCUT2D eigenvalue weighted by Crippen LogP contribution is -2.62. The quantitative estimate of drug-likeness (QED) is 0.136. The predicted molar refractivity (Wildman–Crippen MR) is 227 cm³/mol. The number of likely N-dealkylation sites (N-methyl/N-ethyl adjacent to an activating group) is 1. The average Bonchev–Trinajstić information content (AvgIpc) is 3.25. The van der Waals surface area contributed by atoms with Crippen molar-refractivity contribution in [3.8, 4) is 5.75 Å². The molecule has 14 nitrogen and oxygen atoms in total. The van der Waals surface area contributed by atoms with E-state index < -0.39 is 41.4 Å². The van der Waals surface area contributed by atoms with Gasteiger partial charge in [0.25, 0.3) is 0 Å². The number of ether oxygens (including phenoxy) is 5. The van der Waals surface area contributed by atoms with E-state index in [4.69, 9.17) is 29.4 Å². The van der Waals surface area contributed by atoms with Crippen molar-refractivity contribution in [2.24, 2.45) is 11.1 Å². The fourth-order valence-corrected chi connectivity index (χ4v) is 7.36. The van der Waals surface area contributed by atoms with Crippen LogP contribution < -0.4 is 21.1 Å². The summed E-state index contributed by atoms with van der Waals surface area (Å²) in [6.45, 7) is 10.8. The Kier molecular flexibility index (Phi) is 17.3. The fourth-order valence-electron chi connectivity index (χ4n) is 7.36. The van der Waals surface area contributed by atoms with E-state index in [-0.39, 0.29) is 31.5 Å². The maximum absolute atomic E-state index is 14.9. The molecule has 0 radical (unpaired) electrons. The third kappa shape index (κ3) is 13.0. The summed E-state index contributed by atoms with van der Waals surface area (Å²) in [6, 6.07) is 20.1. The number of nitrogens with two attached hydrogens (primary N) is 1. The zero-order valence-corrected chi connectivity index (χ0v) is 35.8. The van der Waals surface area contributed by atoms with Crippen LogP contribution in [0.3, 0.4) is 0 Å². The number of hydrogen-bond acceptors (Lipinski definition) is 10. The second-order valence-electron chi connectivity index (χ2n) is 16.4. The lowest BCUT2D eigenvalue weighted by atomic mass is 9.83. The first-order chi connectivity index (χ1) is 28.9. The molecule has 0 unspecified atom stereocenters. The lowest BCUT2D eigenvalue weighted by Gasteiger charge is -2.42. The van der Waals surface area contributed by atoms with Crippen LogP contribution in [-0.4, -0.2) is 112 Å². The molecule has 4 atom stereocenters. The molecule has 0 saturated carbocycles. The van der Waals surface area contributed by atoms with E-state index >= 15 is 0 Å². The number of hydrogen-bond donors (Lipinski definition) is 3. The summed E-state index contributed by atoms with van der Waals surface area (Å²) in [7, 11) is 1.49. The van der Waals surface area contributed by atoms with Crippen molar-refractivity contribution >= 4 is 23.8 Å². The Labute approximate surface area is 354 Å². The van der Waals surface area contributed by atoms with Gasteiger partial charge in [0.2, 0.25) is 17.7 Å². The molecule has 60 heavy (non-hydrogen) atoms. The number of rotatable bonds is 20. The molecule has 0 fully saturated rings. The summed E-state index contributed by atoms with van der Waals surface area (Å²) in [5, 5.41) is 6.23. The number of carbonyl (C=O) groups is 4. The molecule has 4 N–H and O–H groups in total. The standard InChI is InChI=1S/C46H63N5O9/c1-32(50(5)45(55)60-31-33-12-7-6-8-13-33)42(52)49-41(46(2,3)4)44(54)51-30-36-28-37(59-27-26-58-25-24-57-23-22-56-21-20-47)19-18-35(36)29-40(51)43(53)48-39-17-11-15-34-14-9-10-16-38(34)39/h6-10,12-14,16,18-19,28,32,39-41H,11,15,17,20-27,29-31,47H2,1-5H3,(H,48,53)(H,49,52)/t32-,39+,40-,41+/m0/s1. The zero-order valence-electron chi connectivity index (χ0n) is 35.8. The number of carbonyl (C=O) groups excluding carboxylic acids is 4. The molecule has 1 aliphatic carbocycles. The molecule has 5 rings (SSSR count). The van der Waals surface area contributed by atoms with E-state index in [0.29, 0.717) is 58.5 Å². The van der Waals surface area contributed by atoms with Gasteiger partial charge in [0.05, 0.1) is 45.7 Å². The van der Waals surface area contributed by atoms with Crippen LogP contribution in [0.5, 0.6) is 5.75 Å². The molecule has 1 aliphatic heterocycles. The van der Waals surface area contributed by atoms with Crippen LogP contribution in [0.1, 0.15) is 74.4 Å². The van der Waals surface area contributed by atoms with Crippen molar-refractivity contribution in [3.63, 3.8) is 0 Å². The molecule has 0 aromatic heterocycles. The average molecular weight is 830 g/mol. The molecular weight excluding hydrogens is 767 g/mol. The number of aryl methyl sites for hydroxylation is 1. The minimum Gasteiger partial charge on any atom is -0.491 e. The molecule has 3 aromatic carbocycles. The maximum atomic E-state index is 14.9. The molecule has 14 heteroatoms. The fraction of sp³-hybridized carbons (Fsp3) is 0.522. The van der Waals surface area contributed by atoms with E-state index in [1.54, 1.807) is 11.8 Å². The van der Waals surface area contributed by atoms with Crippen LogP contribution in [0.4, 0.5) is 4.79 Å². The minimum absolute atomic E-state index is 0.0524. The Balaban J connectivity index is 1.28. The first-order valence-corrected chi connectivity index (χ1v) is 21.0. The summed E-state index contributed by atoms with van der Waals surface area (Å²) in [5.74, 6) is -0.578. The van der Waals surface area contributed by atoms with Gasteiger partial charge in [0.1, 0.15) is 37.1 Å². The number of nitrogens with one attached hydrogen (secondary N) is 2. The molecule has 0 spiro atoms. The summed E-state index contributed by atoms with van der Waals surface area (Å²) in [5.41, 5.74) is 9.54. The van der Waals surface area contributed by atoms with E-state index in [1.807, 2.05) is 81.4 Å². The Hall–Kier alpha value is -5.02. The number of fused-ring (bicyclic) bond motifs is 2. The van der Waals surface area contributed by atoms with Crippen LogP contribution in [-0.2, 0) is 59.3 Å². The minimum atomic E-state index is -1.03. The number of nitrogens with zero attached hydrogens (tertiary/aromatic N) is 2. The third-order valence-electron chi connectivity index (χ3n) is 10.9. The molecule has 2 aliphatic rings. The van der Waals surface area contributed by atoms with E-state index in [1.165, 1.54) is 17.5 Å². The summed E-state index contributed by atoms with van der Waals surface area (Å²) in [4.78, 5) is 58.9. The van der Waals surface area contributed by atoms with Gasteiger partial charge in [-0.15, -0.1) is 0 Å². The van der Waals surface area contributed by atoms with Gasteiger partial charge in [0, 0.05) is 26.6 Å². The second-order valence-corrected chi connectivity index (χ2v) is 16.4. The van der Waals surface area contributed by atoms with Crippen molar-refractivity contribution < 1.29 is 42.9 Å². The van der Waals surface area contributed by atoms with Crippen LogP contribution in [0.2, 0.25) is 0 Å². The highest BCUT2D eigenvalue weighted by atomic mass is 16.6. The van der Waals surface area contributed by atoms with E-state index in [2.05, 4.69) is 22.8 Å². The highest BCUT2D eigenvalue weighted by Crippen LogP contribution is 2.33. The number of amides is 4. The van der Waals surface area contributed by atoms with Crippen LogP contribution in [0.15, 0.2) is 72.8 Å². The summed E-state index contributed by atoms with van der Waals surface area (Å²) >= 11 is 0. The van der Waals surface area contributed by atoms with Crippen LogP contribution >= 0.6 is 0 Å². The summed E-state index contributed by atoms with van der Waals surface area (Å²) in [6.07, 6.45) is 2.29. The van der Waals surface area contributed by atoms with Gasteiger partial charge in [-0.1, -0.05) is 81.4 Å². The van der Waals surface area contributed by atoms with Gasteiger partial charge < -0.3 is 45.0 Å². The Morgan fingerprint density at radius 3 is 2.22 bits per heavy atom. The van der Waals surface area contributed by atoms with Gasteiger partial charge in [-0.3, -0.25) is 19.3 Å². The highest BCUT2D eigenvalue weighted by Gasteiger charge is 2.43. The first kappa shape index (κ1) is 46.1. The van der Waals surface area contributed by atoms with Crippen molar-refractivity contribution in [2.45, 2.75) is 90.7 Å². The maximum Gasteiger partial charge on any atom is 0.410 e. The number of benzene rings is 3. The smallest absolute Gasteiger partial charge is 0.410 e. The van der Waals surface area contributed by atoms with E-state index in [9.17, 15) is 19.2 Å².